The van der Waals surface area contributed by atoms with Crippen LogP contribution in [0.5, 0.6) is 0 Å². The SMILES string of the molecule is C#CC(=O)N[C@H]1CCCN(c2c(F)cc(CC(N)=O)c3[nH]c(C)c(C)c23)C1. The van der Waals surface area contributed by atoms with Crippen LogP contribution in [0.1, 0.15) is 29.7 Å². The minimum absolute atomic E-state index is 0.0338. The maximum atomic E-state index is 15.1. The van der Waals surface area contributed by atoms with E-state index in [0.717, 1.165) is 35.0 Å². The largest absolute Gasteiger partial charge is 0.369 e. The normalized spacial score (nSPS) is 17.0. The van der Waals surface area contributed by atoms with E-state index < -0.39 is 17.6 Å². The van der Waals surface area contributed by atoms with Gasteiger partial charge in [0.1, 0.15) is 5.82 Å². The first-order valence-corrected chi connectivity index (χ1v) is 8.92. The Morgan fingerprint density at radius 2 is 2.22 bits per heavy atom. The number of hydrogen-bond donors (Lipinski definition) is 3. The number of hydrogen-bond acceptors (Lipinski definition) is 3. The van der Waals surface area contributed by atoms with Gasteiger partial charge in [-0.3, -0.25) is 9.59 Å². The number of aromatic amines is 1. The number of rotatable bonds is 4. The number of nitrogens with one attached hydrogen (secondary N) is 2. The Balaban J connectivity index is 2.06. The molecule has 0 radical (unpaired) electrons. The minimum atomic E-state index is -0.511. The zero-order chi connectivity index (χ0) is 19.7. The van der Waals surface area contributed by atoms with Crippen molar-refractivity contribution >= 4 is 28.4 Å². The van der Waals surface area contributed by atoms with Crippen molar-refractivity contribution in [3.8, 4) is 12.3 Å². The third-order valence-electron chi connectivity index (χ3n) is 5.15. The Kier molecular flexibility index (Phi) is 5.08. The van der Waals surface area contributed by atoms with Crippen molar-refractivity contribution in [2.24, 2.45) is 5.73 Å². The van der Waals surface area contributed by atoms with E-state index in [-0.39, 0.29) is 12.5 Å². The van der Waals surface area contributed by atoms with Crippen LogP contribution in [0, 0.1) is 32.0 Å². The number of fused-ring (bicyclic) bond motifs is 1. The predicted molar refractivity (Wildman–Crippen MR) is 103 cm³/mol. The molecule has 1 aromatic carbocycles. The van der Waals surface area contributed by atoms with Gasteiger partial charge >= 0.3 is 0 Å². The summed E-state index contributed by atoms with van der Waals surface area (Å²) in [6.45, 7) is 4.98. The highest BCUT2D eigenvalue weighted by Crippen LogP contribution is 2.37. The standard InChI is InChI=1S/C20H23FN4O2/c1-4-17(27)24-14-6-5-7-25(10-14)20-15(21)8-13(9-16(22)26)19-18(20)11(2)12(3)23-19/h1,8,14,23H,5-7,9-10H2,2-3H3,(H2,22,26)(H,24,27)/t14-/m0/s1. The van der Waals surface area contributed by atoms with Gasteiger partial charge in [-0.05, 0) is 49.8 Å². The monoisotopic (exact) mass is 370 g/mol. The summed E-state index contributed by atoms with van der Waals surface area (Å²) in [6.07, 6.45) is 6.70. The van der Waals surface area contributed by atoms with Crippen LogP contribution < -0.4 is 16.0 Å². The molecule has 6 nitrogen and oxygen atoms in total. The number of halogens is 1. The first-order chi connectivity index (χ1) is 12.8. The van der Waals surface area contributed by atoms with E-state index in [2.05, 4.69) is 16.2 Å². The van der Waals surface area contributed by atoms with Crippen molar-refractivity contribution < 1.29 is 14.0 Å². The Morgan fingerprint density at radius 3 is 2.89 bits per heavy atom. The van der Waals surface area contributed by atoms with E-state index in [1.54, 1.807) is 0 Å². The van der Waals surface area contributed by atoms with Crippen LogP contribution in [-0.4, -0.2) is 35.9 Å². The fourth-order valence-electron chi connectivity index (χ4n) is 3.83. The van der Waals surface area contributed by atoms with Crippen molar-refractivity contribution in [1.82, 2.24) is 10.3 Å². The third-order valence-corrected chi connectivity index (χ3v) is 5.15. The molecule has 0 spiro atoms. The van der Waals surface area contributed by atoms with Gasteiger partial charge in [-0.15, -0.1) is 6.42 Å². The Morgan fingerprint density at radius 1 is 1.48 bits per heavy atom. The number of carbonyl (C=O) groups is 2. The van der Waals surface area contributed by atoms with Gasteiger partial charge in [0.05, 0.1) is 17.6 Å². The predicted octanol–water partition coefficient (Wildman–Crippen LogP) is 1.67. The quantitative estimate of drug-likeness (QED) is 0.715. The van der Waals surface area contributed by atoms with E-state index in [1.165, 1.54) is 6.07 Å². The second-order valence-electron chi connectivity index (χ2n) is 7.04. The molecule has 1 fully saturated rings. The summed E-state index contributed by atoms with van der Waals surface area (Å²) >= 11 is 0. The number of piperidine rings is 1. The number of aryl methyl sites for hydroxylation is 2. The first kappa shape index (κ1) is 18.8. The molecule has 0 aliphatic carbocycles. The summed E-state index contributed by atoms with van der Waals surface area (Å²) in [5.41, 5.74) is 8.93. The van der Waals surface area contributed by atoms with Crippen LogP contribution in [0.4, 0.5) is 10.1 Å². The maximum Gasteiger partial charge on any atom is 0.295 e. The summed E-state index contributed by atoms with van der Waals surface area (Å²) in [5.74, 6) is 0.685. The van der Waals surface area contributed by atoms with Gasteiger partial charge in [-0.2, -0.15) is 0 Å². The molecule has 4 N–H and O–H groups in total. The van der Waals surface area contributed by atoms with Crippen molar-refractivity contribution in [2.45, 2.75) is 39.2 Å². The molecule has 0 unspecified atom stereocenters. The lowest BCUT2D eigenvalue weighted by Gasteiger charge is -2.35. The average Bonchev–Trinajstić information content (AvgIpc) is 2.90. The van der Waals surface area contributed by atoms with Crippen molar-refractivity contribution in [1.29, 1.82) is 0 Å². The van der Waals surface area contributed by atoms with Crippen LogP contribution in [0.25, 0.3) is 10.9 Å². The highest BCUT2D eigenvalue weighted by Gasteiger charge is 2.27. The number of nitrogens with zero attached hydrogens (tertiary/aromatic N) is 1. The van der Waals surface area contributed by atoms with E-state index in [9.17, 15) is 9.59 Å². The fourth-order valence-corrected chi connectivity index (χ4v) is 3.83. The van der Waals surface area contributed by atoms with Gasteiger partial charge in [0.25, 0.3) is 5.91 Å². The number of H-pyrrole nitrogens is 1. The number of nitrogens with two attached hydrogens (primary N) is 1. The second-order valence-corrected chi connectivity index (χ2v) is 7.04. The Labute approximate surface area is 157 Å². The molecule has 1 saturated heterocycles. The number of aromatic nitrogens is 1. The molecule has 2 aromatic rings. The molecule has 3 rings (SSSR count). The van der Waals surface area contributed by atoms with Gasteiger partial charge in [0.2, 0.25) is 5.91 Å². The van der Waals surface area contributed by atoms with E-state index >= 15 is 4.39 Å². The lowest BCUT2D eigenvalue weighted by atomic mass is 9.99. The van der Waals surface area contributed by atoms with Crippen molar-refractivity contribution in [2.75, 3.05) is 18.0 Å². The highest BCUT2D eigenvalue weighted by atomic mass is 19.1. The van der Waals surface area contributed by atoms with Gasteiger partial charge in [0, 0.05) is 30.2 Å². The smallest absolute Gasteiger partial charge is 0.295 e. The number of benzene rings is 1. The van der Waals surface area contributed by atoms with Gasteiger partial charge in [0.15, 0.2) is 0 Å². The summed E-state index contributed by atoms with van der Waals surface area (Å²) in [7, 11) is 0. The minimum Gasteiger partial charge on any atom is -0.369 e. The topological polar surface area (TPSA) is 91.2 Å². The fraction of sp³-hybridized carbons (Fsp3) is 0.400. The molecule has 142 valence electrons. The maximum absolute atomic E-state index is 15.1. The van der Waals surface area contributed by atoms with E-state index in [1.807, 2.05) is 18.7 Å². The van der Waals surface area contributed by atoms with Crippen molar-refractivity contribution in [3.05, 3.63) is 28.7 Å². The second kappa shape index (κ2) is 7.31. The van der Waals surface area contributed by atoms with Crippen LogP contribution in [0.15, 0.2) is 6.07 Å². The number of carbonyl (C=O) groups excluding carboxylic acids is 2. The van der Waals surface area contributed by atoms with Crippen LogP contribution in [0.2, 0.25) is 0 Å². The summed E-state index contributed by atoms with van der Waals surface area (Å²) in [6, 6.07) is 1.24. The molecule has 1 aliphatic heterocycles. The molecule has 27 heavy (non-hydrogen) atoms. The molecule has 2 heterocycles. The van der Waals surface area contributed by atoms with Gasteiger partial charge < -0.3 is 20.9 Å². The average molecular weight is 370 g/mol. The summed E-state index contributed by atoms with van der Waals surface area (Å²) in [4.78, 5) is 28.1. The summed E-state index contributed by atoms with van der Waals surface area (Å²) in [5, 5.41) is 3.54. The third kappa shape index (κ3) is 3.61. The molecule has 0 bridgehead atoms. The number of anilines is 1. The molecular weight excluding hydrogens is 347 g/mol. The lowest BCUT2D eigenvalue weighted by molar-refractivity contribution is -0.117. The Hall–Kier alpha value is -3.01. The van der Waals surface area contributed by atoms with Crippen molar-refractivity contribution in [3.63, 3.8) is 0 Å². The van der Waals surface area contributed by atoms with Crippen LogP contribution >= 0.6 is 0 Å². The zero-order valence-electron chi connectivity index (χ0n) is 15.5. The molecule has 1 aromatic heterocycles. The summed E-state index contributed by atoms with van der Waals surface area (Å²) < 4.78 is 15.1. The molecule has 2 amide bonds. The molecule has 1 atom stereocenters. The first-order valence-electron chi connectivity index (χ1n) is 8.92. The van der Waals surface area contributed by atoms with Crippen LogP contribution in [-0.2, 0) is 16.0 Å². The van der Waals surface area contributed by atoms with Gasteiger partial charge in [-0.25, -0.2) is 4.39 Å². The zero-order valence-corrected chi connectivity index (χ0v) is 15.5. The number of primary amides is 1. The van der Waals surface area contributed by atoms with E-state index in [0.29, 0.717) is 24.3 Å². The molecule has 0 saturated carbocycles. The lowest BCUT2D eigenvalue weighted by Crippen LogP contribution is -2.47. The molecular formula is C20H23FN4O2. The van der Waals surface area contributed by atoms with Crippen LogP contribution in [0.3, 0.4) is 0 Å². The Bertz CT molecular complexity index is 957. The molecule has 1 aliphatic rings. The van der Waals surface area contributed by atoms with E-state index in [4.69, 9.17) is 12.2 Å². The molecule has 7 heteroatoms. The number of amides is 2. The van der Waals surface area contributed by atoms with Gasteiger partial charge in [-0.1, -0.05) is 0 Å². The number of terminal acetylenes is 1. The highest BCUT2D eigenvalue weighted by molar-refractivity contribution is 6.00.